The van der Waals surface area contributed by atoms with E-state index in [0.717, 1.165) is 0 Å². The molecule has 0 unspecified atom stereocenters. The number of nitrogens with zero attached hydrogens (tertiary/aromatic N) is 2. The summed E-state index contributed by atoms with van der Waals surface area (Å²) >= 11 is 0. The van der Waals surface area contributed by atoms with Crippen LogP contribution in [0.5, 0.6) is 0 Å². The zero-order valence-electron chi connectivity index (χ0n) is 11.8. The number of hydrogen-bond acceptors (Lipinski definition) is 5. The second-order valence-corrected chi connectivity index (χ2v) is 4.92. The fourth-order valence-electron chi connectivity index (χ4n) is 2.07. The molecule has 0 saturated heterocycles. The molecule has 21 heavy (non-hydrogen) atoms. The van der Waals surface area contributed by atoms with Gasteiger partial charge in [-0.3, -0.25) is 10.1 Å². The van der Waals surface area contributed by atoms with E-state index in [2.05, 4.69) is 4.98 Å². The van der Waals surface area contributed by atoms with E-state index in [1.165, 1.54) is 6.07 Å². The highest BCUT2D eigenvalue weighted by Gasteiger charge is 2.27. The number of para-hydroxylation sites is 1. The first kappa shape index (κ1) is 14.7. The summed E-state index contributed by atoms with van der Waals surface area (Å²) in [4.78, 5) is 26.0. The van der Waals surface area contributed by atoms with Crippen LogP contribution in [0.1, 0.15) is 41.6 Å². The summed E-state index contributed by atoms with van der Waals surface area (Å²) in [6.07, 6.45) is 0. The van der Waals surface area contributed by atoms with Crippen molar-refractivity contribution in [3.63, 3.8) is 0 Å². The third-order valence-electron chi connectivity index (χ3n) is 3.05. The first-order valence-electron chi connectivity index (χ1n) is 6.31. The van der Waals surface area contributed by atoms with Crippen molar-refractivity contribution in [3.05, 3.63) is 45.3 Å². The lowest BCUT2D eigenvalue weighted by Gasteiger charge is -2.01. The fourth-order valence-corrected chi connectivity index (χ4v) is 2.07. The van der Waals surface area contributed by atoms with Crippen molar-refractivity contribution in [1.29, 1.82) is 0 Å². The van der Waals surface area contributed by atoms with Gasteiger partial charge in [-0.25, -0.2) is 9.78 Å². The lowest BCUT2D eigenvalue weighted by molar-refractivity contribution is -0.384. The third kappa shape index (κ3) is 2.62. The Labute approximate surface area is 120 Å². The standard InChI is InChI=1S/C14H14N2O5/c1-7(2)10-12(14(17)18)21-13(15-10)9-6-4-5-8(3)11(9)16(19)20/h4-7H,1-3H3,(H,17,18). The molecule has 7 heteroatoms. The minimum Gasteiger partial charge on any atom is -0.475 e. The molecule has 0 amide bonds. The SMILES string of the molecule is Cc1cccc(-c2nc(C(C)C)c(C(=O)O)o2)c1[N+](=O)[O-]. The average Bonchev–Trinajstić information content (AvgIpc) is 2.83. The average molecular weight is 290 g/mol. The van der Waals surface area contributed by atoms with Gasteiger partial charge in [-0.05, 0) is 18.9 Å². The fraction of sp³-hybridized carbons (Fsp3) is 0.286. The molecule has 0 saturated carbocycles. The molecule has 0 aliphatic heterocycles. The number of hydrogen-bond donors (Lipinski definition) is 1. The Bertz CT molecular complexity index is 718. The molecule has 0 spiro atoms. The quantitative estimate of drug-likeness (QED) is 0.683. The maximum atomic E-state index is 11.2. The molecular weight excluding hydrogens is 276 g/mol. The number of rotatable bonds is 4. The maximum Gasteiger partial charge on any atom is 0.373 e. The first-order chi connectivity index (χ1) is 9.82. The van der Waals surface area contributed by atoms with Crippen LogP contribution in [0.15, 0.2) is 22.6 Å². The topological polar surface area (TPSA) is 106 Å². The molecule has 1 heterocycles. The van der Waals surface area contributed by atoms with Gasteiger partial charge in [0.2, 0.25) is 11.7 Å². The van der Waals surface area contributed by atoms with Gasteiger partial charge in [0.1, 0.15) is 5.56 Å². The molecule has 0 atom stereocenters. The third-order valence-corrected chi connectivity index (χ3v) is 3.05. The zero-order chi connectivity index (χ0) is 15.7. The Hall–Kier alpha value is -2.70. The Morgan fingerprint density at radius 1 is 1.43 bits per heavy atom. The second kappa shape index (κ2) is 5.35. The predicted octanol–water partition coefficient (Wildman–Crippen LogP) is 3.38. The maximum absolute atomic E-state index is 11.2. The monoisotopic (exact) mass is 290 g/mol. The van der Waals surface area contributed by atoms with Crippen LogP contribution in [0.2, 0.25) is 0 Å². The van der Waals surface area contributed by atoms with Crippen molar-refractivity contribution >= 4 is 11.7 Å². The molecule has 0 bridgehead atoms. The summed E-state index contributed by atoms with van der Waals surface area (Å²) in [6, 6.07) is 4.73. The zero-order valence-corrected chi connectivity index (χ0v) is 11.8. The number of nitro benzene ring substituents is 1. The predicted molar refractivity (Wildman–Crippen MR) is 74.4 cm³/mol. The molecule has 2 rings (SSSR count). The molecule has 0 aliphatic carbocycles. The van der Waals surface area contributed by atoms with Crippen molar-refractivity contribution in [2.45, 2.75) is 26.7 Å². The lowest BCUT2D eigenvalue weighted by atomic mass is 10.1. The van der Waals surface area contributed by atoms with Gasteiger partial charge in [-0.15, -0.1) is 0 Å². The minimum atomic E-state index is -1.24. The Balaban J connectivity index is 2.69. The molecule has 2 aromatic rings. The first-order valence-corrected chi connectivity index (χ1v) is 6.31. The normalized spacial score (nSPS) is 10.9. The van der Waals surface area contributed by atoms with Gasteiger partial charge >= 0.3 is 5.97 Å². The number of aryl methyl sites for hydroxylation is 1. The van der Waals surface area contributed by atoms with Crippen molar-refractivity contribution in [2.75, 3.05) is 0 Å². The molecule has 7 nitrogen and oxygen atoms in total. The molecule has 1 aromatic heterocycles. The van der Waals surface area contributed by atoms with Gasteiger partial charge < -0.3 is 9.52 Å². The van der Waals surface area contributed by atoms with E-state index in [0.29, 0.717) is 5.56 Å². The number of carboxylic acids is 1. The van der Waals surface area contributed by atoms with Crippen molar-refractivity contribution in [1.82, 2.24) is 4.98 Å². The summed E-state index contributed by atoms with van der Waals surface area (Å²) < 4.78 is 5.25. The summed E-state index contributed by atoms with van der Waals surface area (Å²) in [5, 5.41) is 20.3. The molecule has 110 valence electrons. The Kier molecular flexibility index (Phi) is 3.75. The number of nitro groups is 1. The Morgan fingerprint density at radius 2 is 2.10 bits per heavy atom. The van der Waals surface area contributed by atoms with E-state index in [9.17, 15) is 14.9 Å². The minimum absolute atomic E-state index is 0.0495. The molecule has 0 aliphatic rings. The highest BCUT2D eigenvalue weighted by Crippen LogP contribution is 2.34. The van der Waals surface area contributed by atoms with E-state index in [1.807, 2.05) is 0 Å². The van der Waals surface area contributed by atoms with Gasteiger partial charge in [0.15, 0.2) is 0 Å². The summed E-state index contributed by atoms with van der Waals surface area (Å²) in [5.41, 5.74) is 0.771. The number of oxazole rings is 1. The van der Waals surface area contributed by atoms with Crippen molar-refractivity contribution < 1.29 is 19.2 Å². The van der Waals surface area contributed by atoms with E-state index >= 15 is 0 Å². The van der Waals surface area contributed by atoms with E-state index in [-0.39, 0.29) is 34.5 Å². The Morgan fingerprint density at radius 3 is 2.57 bits per heavy atom. The summed E-state index contributed by atoms with van der Waals surface area (Å²) in [6.45, 7) is 5.16. The van der Waals surface area contributed by atoms with Crippen LogP contribution >= 0.6 is 0 Å². The summed E-state index contributed by atoms with van der Waals surface area (Å²) in [5.74, 6) is -1.74. The van der Waals surface area contributed by atoms with Crippen LogP contribution in [-0.4, -0.2) is 21.0 Å². The van der Waals surface area contributed by atoms with Crippen LogP contribution < -0.4 is 0 Å². The lowest BCUT2D eigenvalue weighted by Crippen LogP contribution is -2.01. The second-order valence-electron chi connectivity index (χ2n) is 4.92. The van der Waals surface area contributed by atoms with Crippen LogP contribution in [0.3, 0.4) is 0 Å². The van der Waals surface area contributed by atoms with Crippen molar-refractivity contribution in [3.8, 4) is 11.5 Å². The van der Waals surface area contributed by atoms with E-state index in [1.54, 1.807) is 32.9 Å². The number of aromatic carboxylic acids is 1. The van der Waals surface area contributed by atoms with E-state index < -0.39 is 10.9 Å². The van der Waals surface area contributed by atoms with Gasteiger partial charge in [0.05, 0.1) is 10.6 Å². The molecule has 0 fully saturated rings. The highest BCUT2D eigenvalue weighted by atomic mass is 16.6. The molecular formula is C14H14N2O5. The summed E-state index contributed by atoms with van der Waals surface area (Å²) in [7, 11) is 0. The van der Waals surface area contributed by atoms with Gasteiger partial charge in [-0.2, -0.15) is 0 Å². The smallest absolute Gasteiger partial charge is 0.373 e. The van der Waals surface area contributed by atoms with Crippen molar-refractivity contribution in [2.24, 2.45) is 0 Å². The highest BCUT2D eigenvalue weighted by molar-refractivity contribution is 5.86. The van der Waals surface area contributed by atoms with Crippen LogP contribution in [-0.2, 0) is 0 Å². The molecule has 0 radical (unpaired) electrons. The number of aromatic nitrogens is 1. The van der Waals surface area contributed by atoms with Gasteiger partial charge in [0, 0.05) is 5.56 Å². The molecule has 1 aromatic carbocycles. The number of benzene rings is 1. The molecule has 1 N–H and O–H groups in total. The number of carboxylic acid groups (broad SMARTS) is 1. The van der Waals surface area contributed by atoms with Gasteiger partial charge in [-0.1, -0.05) is 26.0 Å². The van der Waals surface area contributed by atoms with Crippen LogP contribution in [0.25, 0.3) is 11.5 Å². The van der Waals surface area contributed by atoms with E-state index in [4.69, 9.17) is 9.52 Å². The van der Waals surface area contributed by atoms with Crippen LogP contribution in [0.4, 0.5) is 5.69 Å². The van der Waals surface area contributed by atoms with Crippen LogP contribution in [0, 0.1) is 17.0 Å². The number of carbonyl (C=O) groups is 1. The van der Waals surface area contributed by atoms with Gasteiger partial charge in [0.25, 0.3) is 5.69 Å². The largest absolute Gasteiger partial charge is 0.475 e.